The third kappa shape index (κ3) is 3.41. The molecule has 0 atom stereocenters. The highest BCUT2D eigenvalue weighted by atomic mass is 19.1. The second-order valence-corrected chi connectivity index (χ2v) is 4.83. The highest BCUT2D eigenvalue weighted by molar-refractivity contribution is 5.24. The normalized spacial score (nSPS) is 10.9. The molecule has 0 saturated carbocycles. The average Bonchev–Trinajstić information content (AvgIpc) is 2.60. The molecule has 3 nitrogen and oxygen atoms in total. The maximum absolute atomic E-state index is 13.0. The maximum Gasteiger partial charge on any atom is 0.123 e. The third-order valence-corrected chi connectivity index (χ3v) is 3.43. The van der Waals surface area contributed by atoms with Crippen molar-refractivity contribution in [3.63, 3.8) is 0 Å². The van der Waals surface area contributed by atoms with Crippen molar-refractivity contribution >= 4 is 0 Å². The molecule has 19 heavy (non-hydrogen) atoms. The summed E-state index contributed by atoms with van der Waals surface area (Å²) in [6, 6.07) is 6.69. The van der Waals surface area contributed by atoms with Crippen LogP contribution < -0.4 is 5.32 Å². The smallest absolute Gasteiger partial charge is 0.123 e. The maximum atomic E-state index is 13.0. The zero-order valence-corrected chi connectivity index (χ0v) is 11.7. The number of hydrogen-bond acceptors (Lipinski definition) is 2. The summed E-state index contributed by atoms with van der Waals surface area (Å²) in [4.78, 5) is 0. The van der Waals surface area contributed by atoms with Crippen molar-refractivity contribution in [2.75, 3.05) is 6.54 Å². The summed E-state index contributed by atoms with van der Waals surface area (Å²) in [5, 5.41) is 7.74. The van der Waals surface area contributed by atoms with Gasteiger partial charge in [0.1, 0.15) is 5.82 Å². The summed E-state index contributed by atoms with van der Waals surface area (Å²) in [6.07, 6.45) is 0.945. The molecule has 0 unspecified atom stereocenters. The van der Waals surface area contributed by atoms with E-state index in [4.69, 9.17) is 0 Å². The Hall–Kier alpha value is -1.68. The molecule has 0 spiro atoms. The van der Waals surface area contributed by atoms with Crippen LogP contribution in [0.5, 0.6) is 0 Å². The molecule has 1 aromatic carbocycles. The first-order valence-corrected chi connectivity index (χ1v) is 6.52. The van der Waals surface area contributed by atoms with E-state index in [2.05, 4.69) is 17.3 Å². The second-order valence-electron chi connectivity index (χ2n) is 4.83. The van der Waals surface area contributed by atoms with Gasteiger partial charge in [0.15, 0.2) is 0 Å². The van der Waals surface area contributed by atoms with Gasteiger partial charge in [0.05, 0.1) is 5.69 Å². The topological polar surface area (TPSA) is 29.9 Å². The molecule has 4 heteroatoms. The van der Waals surface area contributed by atoms with Crippen LogP contribution in [0.3, 0.4) is 0 Å². The van der Waals surface area contributed by atoms with Crippen LogP contribution >= 0.6 is 0 Å². The summed E-state index contributed by atoms with van der Waals surface area (Å²) < 4.78 is 14.9. The van der Waals surface area contributed by atoms with Gasteiger partial charge in [-0.25, -0.2) is 4.39 Å². The van der Waals surface area contributed by atoms with Gasteiger partial charge in [-0.3, -0.25) is 4.68 Å². The quantitative estimate of drug-likeness (QED) is 0.838. The van der Waals surface area contributed by atoms with Crippen LogP contribution in [-0.2, 0) is 20.0 Å². The van der Waals surface area contributed by atoms with E-state index in [1.54, 1.807) is 12.1 Å². The van der Waals surface area contributed by atoms with Gasteiger partial charge in [-0.15, -0.1) is 0 Å². The Bertz CT molecular complexity index is 561. The molecular weight excluding hydrogens is 241 g/mol. The van der Waals surface area contributed by atoms with Crippen molar-refractivity contribution in [1.29, 1.82) is 0 Å². The zero-order valence-electron chi connectivity index (χ0n) is 11.7. The Kier molecular flexibility index (Phi) is 4.32. The van der Waals surface area contributed by atoms with Crippen molar-refractivity contribution in [1.82, 2.24) is 15.1 Å². The molecular formula is C15H20FN3. The van der Waals surface area contributed by atoms with Gasteiger partial charge in [0.2, 0.25) is 0 Å². The number of halogens is 1. The van der Waals surface area contributed by atoms with Crippen LogP contribution in [-0.4, -0.2) is 16.3 Å². The lowest BCUT2D eigenvalue weighted by molar-refractivity contribution is 0.620. The van der Waals surface area contributed by atoms with Gasteiger partial charge in [-0.05, 0) is 50.1 Å². The zero-order chi connectivity index (χ0) is 13.8. The Morgan fingerprint density at radius 3 is 2.74 bits per heavy atom. The van der Waals surface area contributed by atoms with Crippen LogP contribution in [0.25, 0.3) is 0 Å². The number of benzene rings is 1. The summed E-state index contributed by atoms with van der Waals surface area (Å²) >= 11 is 0. The standard InChI is InChI=1S/C15H20FN3/c1-11-15(12(2)19(3)18-11)7-8-17-10-13-5-4-6-14(16)9-13/h4-6,9,17H,7-8,10H2,1-3H3. The van der Waals surface area contributed by atoms with Gasteiger partial charge >= 0.3 is 0 Å². The molecule has 102 valence electrons. The lowest BCUT2D eigenvalue weighted by atomic mass is 10.1. The van der Waals surface area contributed by atoms with Crippen molar-refractivity contribution in [2.45, 2.75) is 26.8 Å². The van der Waals surface area contributed by atoms with Gasteiger partial charge in [0, 0.05) is 19.3 Å². The monoisotopic (exact) mass is 261 g/mol. The van der Waals surface area contributed by atoms with E-state index in [0.717, 1.165) is 24.2 Å². The first-order chi connectivity index (χ1) is 9.08. The average molecular weight is 261 g/mol. The fourth-order valence-corrected chi connectivity index (χ4v) is 2.27. The minimum atomic E-state index is -0.182. The summed E-state index contributed by atoms with van der Waals surface area (Å²) in [6.45, 7) is 5.68. The molecule has 1 heterocycles. The molecule has 0 amide bonds. The minimum absolute atomic E-state index is 0.182. The molecule has 0 radical (unpaired) electrons. The summed E-state index contributed by atoms with van der Waals surface area (Å²) in [5.41, 5.74) is 4.58. The fraction of sp³-hybridized carbons (Fsp3) is 0.400. The predicted molar refractivity (Wildman–Crippen MR) is 74.5 cm³/mol. The van der Waals surface area contributed by atoms with Crippen LogP contribution in [0.15, 0.2) is 24.3 Å². The van der Waals surface area contributed by atoms with Crippen molar-refractivity contribution in [2.24, 2.45) is 7.05 Å². The number of rotatable bonds is 5. The first-order valence-electron chi connectivity index (χ1n) is 6.52. The van der Waals surface area contributed by atoms with Crippen LogP contribution in [0.2, 0.25) is 0 Å². The Labute approximate surface area is 113 Å². The summed E-state index contributed by atoms with van der Waals surface area (Å²) in [5.74, 6) is -0.182. The van der Waals surface area contributed by atoms with E-state index in [0.29, 0.717) is 6.54 Å². The van der Waals surface area contributed by atoms with E-state index in [1.807, 2.05) is 24.7 Å². The van der Waals surface area contributed by atoms with Crippen LogP contribution in [0, 0.1) is 19.7 Å². The molecule has 0 bridgehead atoms. The minimum Gasteiger partial charge on any atom is -0.312 e. The van der Waals surface area contributed by atoms with E-state index in [-0.39, 0.29) is 5.82 Å². The number of hydrogen-bond donors (Lipinski definition) is 1. The molecule has 1 N–H and O–H groups in total. The number of aromatic nitrogens is 2. The van der Waals surface area contributed by atoms with Crippen LogP contribution in [0.1, 0.15) is 22.5 Å². The van der Waals surface area contributed by atoms with Crippen molar-refractivity contribution in [3.8, 4) is 0 Å². The Morgan fingerprint density at radius 2 is 2.11 bits per heavy atom. The second kappa shape index (κ2) is 5.97. The molecule has 0 saturated heterocycles. The van der Waals surface area contributed by atoms with Gasteiger partial charge in [0.25, 0.3) is 0 Å². The van der Waals surface area contributed by atoms with Gasteiger partial charge in [-0.1, -0.05) is 12.1 Å². The molecule has 0 aliphatic heterocycles. The van der Waals surface area contributed by atoms with Crippen molar-refractivity contribution in [3.05, 3.63) is 52.6 Å². The van der Waals surface area contributed by atoms with E-state index < -0.39 is 0 Å². The first kappa shape index (κ1) is 13.7. The third-order valence-electron chi connectivity index (χ3n) is 3.43. The van der Waals surface area contributed by atoms with Gasteiger partial charge < -0.3 is 5.32 Å². The highest BCUT2D eigenvalue weighted by Crippen LogP contribution is 2.12. The van der Waals surface area contributed by atoms with E-state index in [9.17, 15) is 4.39 Å². The molecule has 0 aliphatic rings. The van der Waals surface area contributed by atoms with E-state index in [1.165, 1.54) is 17.3 Å². The SMILES string of the molecule is Cc1nn(C)c(C)c1CCNCc1cccc(F)c1. The van der Waals surface area contributed by atoms with Crippen LogP contribution in [0.4, 0.5) is 4.39 Å². The molecule has 0 aliphatic carbocycles. The molecule has 1 aromatic heterocycles. The highest BCUT2D eigenvalue weighted by Gasteiger charge is 2.08. The summed E-state index contributed by atoms with van der Waals surface area (Å²) in [7, 11) is 1.96. The molecule has 2 aromatic rings. The van der Waals surface area contributed by atoms with Crippen molar-refractivity contribution < 1.29 is 4.39 Å². The largest absolute Gasteiger partial charge is 0.312 e. The number of aryl methyl sites for hydroxylation is 2. The lowest BCUT2D eigenvalue weighted by Crippen LogP contribution is -2.17. The van der Waals surface area contributed by atoms with Gasteiger partial charge in [-0.2, -0.15) is 5.10 Å². The Morgan fingerprint density at radius 1 is 1.32 bits per heavy atom. The fourth-order valence-electron chi connectivity index (χ4n) is 2.27. The number of nitrogens with zero attached hydrogens (tertiary/aromatic N) is 2. The lowest BCUT2D eigenvalue weighted by Gasteiger charge is -2.06. The predicted octanol–water partition coefficient (Wildman–Crippen LogP) is 2.51. The number of nitrogens with one attached hydrogen (secondary N) is 1. The van der Waals surface area contributed by atoms with E-state index >= 15 is 0 Å². The molecule has 2 rings (SSSR count). The Balaban J connectivity index is 1.84. The molecule has 0 fully saturated rings.